The monoisotopic (exact) mass is 260 g/mol. The SMILES string of the molecule is CCCC(C)OCCC(C#N)(NC)c1ccccc1. The van der Waals surface area contributed by atoms with Gasteiger partial charge in [0.2, 0.25) is 0 Å². The lowest BCUT2D eigenvalue weighted by Gasteiger charge is -2.27. The fourth-order valence-corrected chi connectivity index (χ4v) is 2.22. The van der Waals surface area contributed by atoms with Crippen LogP contribution in [-0.2, 0) is 10.3 Å². The molecule has 1 aromatic rings. The maximum atomic E-state index is 9.53. The molecular formula is C16H24N2O. The van der Waals surface area contributed by atoms with Gasteiger partial charge in [-0.05, 0) is 26.0 Å². The van der Waals surface area contributed by atoms with Crippen molar-refractivity contribution in [2.75, 3.05) is 13.7 Å². The van der Waals surface area contributed by atoms with Crippen molar-refractivity contribution in [3.63, 3.8) is 0 Å². The number of nitriles is 1. The summed E-state index contributed by atoms with van der Waals surface area (Å²) in [5.41, 5.74) is 0.333. The van der Waals surface area contributed by atoms with Gasteiger partial charge in [-0.25, -0.2) is 0 Å². The molecule has 3 nitrogen and oxygen atoms in total. The lowest BCUT2D eigenvalue weighted by molar-refractivity contribution is 0.0489. The highest BCUT2D eigenvalue weighted by atomic mass is 16.5. The Morgan fingerprint density at radius 3 is 2.58 bits per heavy atom. The molecule has 0 aliphatic carbocycles. The average molecular weight is 260 g/mol. The largest absolute Gasteiger partial charge is 0.378 e. The van der Waals surface area contributed by atoms with Crippen molar-refractivity contribution in [2.45, 2.75) is 44.8 Å². The van der Waals surface area contributed by atoms with Crippen molar-refractivity contribution in [3.8, 4) is 6.07 Å². The van der Waals surface area contributed by atoms with E-state index in [1.807, 2.05) is 37.4 Å². The second-order valence-corrected chi connectivity index (χ2v) is 4.85. The van der Waals surface area contributed by atoms with Crippen LogP contribution in [0.4, 0.5) is 0 Å². The van der Waals surface area contributed by atoms with Crippen LogP contribution in [0.25, 0.3) is 0 Å². The smallest absolute Gasteiger partial charge is 0.134 e. The third kappa shape index (κ3) is 4.34. The first kappa shape index (κ1) is 15.7. The third-order valence-electron chi connectivity index (χ3n) is 3.46. The summed E-state index contributed by atoms with van der Waals surface area (Å²) in [6.45, 7) is 4.82. The highest BCUT2D eigenvalue weighted by Crippen LogP contribution is 2.24. The van der Waals surface area contributed by atoms with Gasteiger partial charge in [-0.3, -0.25) is 5.32 Å². The summed E-state index contributed by atoms with van der Waals surface area (Å²) in [5.74, 6) is 0. The first-order chi connectivity index (χ1) is 9.18. The number of hydrogen-bond acceptors (Lipinski definition) is 3. The molecule has 0 saturated carbocycles. The number of rotatable bonds is 8. The molecule has 0 bridgehead atoms. The Kier molecular flexibility index (Phi) is 6.55. The summed E-state index contributed by atoms with van der Waals surface area (Å²) in [4.78, 5) is 0. The van der Waals surface area contributed by atoms with Crippen molar-refractivity contribution in [1.82, 2.24) is 5.32 Å². The predicted octanol–water partition coefficient (Wildman–Crippen LogP) is 3.22. The zero-order valence-electron chi connectivity index (χ0n) is 12.1. The van der Waals surface area contributed by atoms with E-state index < -0.39 is 5.54 Å². The van der Waals surface area contributed by atoms with Crippen LogP contribution in [0.5, 0.6) is 0 Å². The van der Waals surface area contributed by atoms with E-state index in [0.717, 1.165) is 18.4 Å². The zero-order valence-corrected chi connectivity index (χ0v) is 12.1. The van der Waals surface area contributed by atoms with E-state index >= 15 is 0 Å². The molecule has 0 aliphatic rings. The number of nitrogens with one attached hydrogen (secondary N) is 1. The summed E-state index contributed by atoms with van der Waals surface area (Å²) in [5, 5.41) is 12.7. The Morgan fingerprint density at radius 1 is 1.37 bits per heavy atom. The summed E-state index contributed by atoms with van der Waals surface area (Å²) in [6, 6.07) is 12.2. The molecule has 3 heteroatoms. The van der Waals surface area contributed by atoms with Gasteiger partial charge in [-0.1, -0.05) is 43.7 Å². The molecule has 104 valence electrons. The van der Waals surface area contributed by atoms with Crippen LogP contribution in [-0.4, -0.2) is 19.8 Å². The van der Waals surface area contributed by atoms with Crippen LogP contribution in [0, 0.1) is 11.3 Å². The van der Waals surface area contributed by atoms with Gasteiger partial charge in [0.1, 0.15) is 5.54 Å². The van der Waals surface area contributed by atoms with E-state index in [-0.39, 0.29) is 6.10 Å². The van der Waals surface area contributed by atoms with Gasteiger partial charge < -0.3 is 4.74 Å². The van der Waals surface area contributed by atoms with Gasteiger partial charge in [-0.2, -0.15) is 5.26 Å². The molecule has 0 aliphatic heterocycles. The van der Waals surface area contributed by atoms with Crippen molar-refractivity contribution in [1.29, 1.82) is 5.26 Å². The predicted molar refractivity (Wildman–Crippen MR) is 77.7 cm³/mol. The molecule has 0 amide bonds. The maximum Gasteiger partial charge on any atom is 0.134 e. The number of ether oxygens (including phenoxy) is 1. The Bertz CT molecular complexity index is 399. The first-order valence-corrected chi connectivity index (χ1v) is 6.95. The van der Waals surface area contributed by atoms with Gasteiger partial charge in [-0.15, -0.1) is 0 Å². The molecule has 2 unspecified atom stereocenters. The highest BCUT2D eigenvalue weighted by Gasteiger charge is 2.30. The van der Waals surface area contributed by atoms with Gasteiger partial charge in [0.15, 0.2) is 0 Å². The van der Waals surface area contributed by atoms with E-state index in [4.69, 9.17) is 4.74 Å². The second-order valence-electron chi connectivity index (χ2n) is 4.85. The Labute approximate surface area is 116 Å². The minimum Gasteiger partial charge on any atom is -0.378 e. The Hall–Kier alpha value is -1.37. The Balaban J connectivity index is 2.66. The zero-order chi connectivity index (χ0) is 14.1. The molecule has 0 radical (unpaired) electrons. The lowest BCUT2D eigenvalue weighted by atomic mass is 9.88. The molecule has 19 heavy (non-hydrogen) atoms. The standard InChI is InChI=1S/C16H24N2O/c1-4-8-14(2)19-12-11-16(13-17,18-3)15-9-6-5-7-10-15/h5-7,9-10,14,18H,4,8,11-12H2,1-3H3. The van der Waals surface area contributed by atoms with E-state index in [2.05, 4.69) is 25.2 Å². The number of hydrogen-bond donors (Lipinski definition) is 1. The molecule has 2 atom stereocenters. The molecule has 0 aromatic heterocycles. The molecular weight excluding hydrogens is 236 g/mol. The second kappa shape index (κ2) is 7.93. The maximum absolute atomic E-state index is 9.53. The van der Waals surface area contributed by atoms with Crippen LogP contribution >= 0.6 is 0 Å². The topological polar surface area (TPSA) is 45.0 Å². The van der Waals surface area contributed by atoms with Gasteiger partial charge in [0.25, 0.3) is 0 Å². The normalized spacial score (nSPS) is 15.5. The van der Waals surface area contributed by atoms with Crippen molar-refractivity contribution < 1.29 is 4.74 Å². The molecule has 0 spiro atoms. The summed E-state index contributed by atoms with van der Waals surface area (Å²) < 4.78 is 5.77. The summed E-state index contributed by atoms with van der Waals surface area (Å²) in [6.07, 6.45) is 3.09. The van der Waals surface area contributed by atoms with Crippen LogP contribution in [0.3, 0.4) is 0 Å². The minimum atomic E-state index is -0.660. The van der Waals surface area contributed by atoms with Gasteiger partial charge in [0.05, 0.1) is 18.8 Å². The molecule has 0 saturated heterocycles. The fourth-order valence-electron chi connectivity index (χ4n) is 2.22. The number of nitrogens with zero attached hydrogens (tertiary/aromatic N) is 1. The lowest BCUT2D eigenvalue weighted by Crippen LogP contribution is -2.39. The summed E-state index contributed by atoms with van der Waals surface area (Å²) in [7, 11) is 1.83. The summed E-state index contributed by atoms with van der Waals surface area (Å²) >= 11 is 0. The van der Waals surface area contributed by atoms with Crippen molar-refractivity contribution in [3.05, 3.63) is 35.9 Å². The molecule has 1 N–H and O–H groups in total. The van der Waals surface area contributed by atoms with Crippen LogP contribution in [0.1, 0.15) is 38.7 Å². The van der Waals surface area contributed by atoms with Crippen molar-refractivity contribution in [2.24, 2.45) is 0 Å². The van der Waals surface area contributed by atoms with Gasteiger partial charge >= 0.3 is 0 Å². The molecule has 0 heterocycles. The quantitative estimate of drug-likeness (QED) is 0.780. The Morgan fingerprint density at radius 2 is 2.05 bits per heavy atom. The third-order valence-corrected chi connectivity index (χ3v) is 3.46. The molecule has 1 rings (SSSR count). The van der Waals surface area contributed by atoms with E-state index in [1.54, 1.807) is 0 Å². The number of benzene rings is 1. The fraction of sp³-hybridized carbons (Fsp3) is 0.562. The van der Waals surface area contributed by atoms with Crippen molar-refractivity contribution >= 4 is 0 Å². The molecule has 1 aromatic carbocycles. The first-order valence-electron chi connectivity index (χ1n) is 6.95. The van der Waals surface area contributed by atoms with E-state index in [0.29, 0.717) is 13.0 Å². The van der Waals surface area contributed by atoms with Gasteiger partial charge in [0, 0.05) is 6.42 Å². The van der Waals surface area contributed by atoms with E-state index in [9.17, 15) is 5.26 Å². The molecule has 0 fully saturated rings. The van der Waals surface area contributed by atoms with Crippen LogP contribution in [0.2, 0.25) is 0 Å². The minimum absolute atomic E-state index is 0.258. The van der Waals surface area contributed by atoms with Crippen LogP contribution in [0.15, 0.2) is 30.3 Å². The highest BCUT2D eigenvalue weighted by molar-refractivity contribution is 5.31. The van der Waals surface area contributed by atoms with E-state index in [1.165, 1.54) is 0 Å². The average Bonchev–Trinajstić information content (AvgIpc) is 2.45. The van der Waals surface area contributed by atoms with Crippen LogP contribution < -0.4 is 5.32 Å².